The van der Waals surface area contributed by atoms with Gasteiger partial charge in [-0.25, -0.2) is 0 Å². The molecular weight excluding hydrogens is 330 g/mol. The van der Waals surface area contributed by atoms with E-state index in [0.29, 0.717) is 19.4 Å². The summed E-state index contributed by atoms with van der Waals surface area (Å²) >= 11 is 3.55. The number of aromatic nitrogens is 2. The van der Waals surface area contributed by atoms with E-state index in [1.165, 1.54) is 0 Å². The second kappa shape index (κ2) is 7.00. The number of halogens is 1. The van der Waals surface area contributed by atoms with E-state index in [9.17, 15) is 4.79 Å². The molecule has 0 unspecified atom stereocenters. The highest BCUT2D eigenvalue weighted by Crippen LogP contribution is 2.22. The Labute approximate surface area is 133 Å². The van der Waals surface area contributed by atoms with Crippen molar-refractivity contribution >= 4 is 21.7 Å². The van der Waals surface area contributed by atoms with E-state index in [2.05, 4.69) is 28.0 Å². The second-order valence-corrected chi connectivity index (χ2v) is 5.84. The number of Topliss-reactive ketones (excluding diaryl/α,β-unsaturated/α-hetero) is 1. The summed E-state index contributed by atoms with van der Waals surface area (Å²) in [4.78, 5) is 12.3. The molecule has 2 N–H and O–H groups in total. The third-order valence-corrected chi connectivity index (χ3v) is 4.51. The standard InChI is InChI=1S/C16H20BrN3O/c1-3-14-16(17)15(20(2)19-14)9-13(21)8-11-6-4-5-7-12(11)10-18/h4-7H,3,8-10,18H2,1-2H3. The average molecular weight is 350 g/mol. The van der Waals surface area contributed by atoms with Crippen molar-refractivity contribution in [3.63, 3.8) is 0 Å². The summed E-state index contributed by atoms with van der Waals surface area (Å²) in [5.41, 5.74) is 9.68. The van der Waals surface area contributed by atoms with Gasteiger partial charge in [-0.15, -0.1) is 0 Å². The van der Waals surface area contributed by atoms with Crippen LogP contribution in [0.15, 0.2) is 28.7 Å². The van der Waals surface area contributed by atoms with Gasteiger partial charge in [0.2, 0.25) is 0 Å². The topological polar surface area (TPSA) is 60.9 Å². The fraction of sp³-hybridized carbons (Fsp3) is 0.375. The summed E-state index contributed by atoms with van der Waals surface area (Å²) in [5, 5.41) is 4.42. The Morgan fingerprint density at radius 1 is 1.29 bits per heavy atom. The van der Waals surface area contributed by atoms with Crippen LogP contribution in [0.25, 0.3) is 0 Å². The third-order valence-electron chi connectivity index (χ3n) is 3.59. The first-order chi connectivity index (χ1) is 10.1. The monoisotopic (exact) mass is 349 g/mol. The fourth-order valence-electron chi connectivity index (χ4n) is 2.40. The molecule has 0 radical (unpaired) electrons. The number of hydrogen-bond acceptors (Lipinski definition) is 3. The number of nitrogens with two attached hydrogens (primary N) is 1. The van der Waals surface area contributed by atoms with E-state index in [1.807, 2.05) is 31.3 Å². The van der Waals surface area contributed by atoms with Crippen molar-refractivity contribution in [1.82, 2.24) is 9.78 Å². The van der Waals surface area contributed by atoms with Crippen LogP contribution in [0.2, 0.25) is 0 Å². The highest BCUT2D eigenvalue weighted by molar-refractivity contribution is 9.10. The summed E-state index contributed by atoms with van der Waals surface area (Å²) in [6.45, 7) is 2.51. The Kier molecular flexibility index (Phi) is 5.31. The number of ketones is 1. The Morgan fingerprint density at radius 2 is 1.95 bits per heavy atom. The van der Waals surface area contributed by atoms with Gasteiger partial charge in [0.1, 0.15) is 5.78 Å². The molecule has 0 aliphatic heterocycles. The van der Waals surface area contributed by atoms with Crippen LogP contribution in [0.4, 0.5) is 0 Å². The zero-order valence-electron chi connectivity index (χ0n) is 12.4. The summed E-state index contributed by atoms with van der Waals surface area (Å²) in [7, 11) is 1.88. The van der Waals surface area contributed by atoms with Crippen LogP contribution in [0.1, 0.15) is 29.4 Å². The molecule has 0 bridgehead atoms. The van der Waals surface area contributed by atoms with Crippen LogP contribution >= 0.6 is 15.9 Å². The normalized spacial score (nSPS) is 10.9. The quantitative estimate of drug-likeness (QED) is 0.871. The van der Waals surface area contributed by atoms with Crippen LogP contribution in [0.5, 0.6) is 0 Å². The molecule has 4 nitrogen and oxygen atoms in total. The molecule has 21 heavy (non-hydrogen) atoms. The first kappa shape index (κ1) is 15.9. The Balaban J connectivity index is 2.14. The van der Waals surface area contributed by atoms with Crippen LogP contribution in [0, 0.1) is 0 Å². The van der Waals surface area contributed by atoms with Gasteiger partial charge in [0.15, 0.2) is 0 Å². The summed E-state index contributed by atoms with van der Waals surface area (Å²) in [6.07, 6.45) is 1.63. The van der Waals surface area contributed by atoms with Gasteiger partial charge in [0.05, 0.1) is 15.9 Å². The fourth-order valence-corrected chi connectivity index (χ4v) is 3.16. The van der Waals surface area contributed by atoms with Crippen molar-refractivity contribution in [2.45, 2.75) is 32.7 Å². The molecule has 112 valence electrons. The number of carbonyl (C=O) groups is 1. The number of carbonyl (C=O) groups excluding carboxylic acids is 1. The summed E-state index contributed by atoms with van der Waals surface area (Å²) in [5.74, 6) is 0.169. The lowest BCUT2D eigenvalue weighted by atomic mass is 10.0. The van der Waals surface area contributed by atoms with Gasteiger partial charge >= 0.3 is 0 Å². The van der Waals surface area contributed by atoms with Crippen molar-refractivity contribution in [2.24, 2.45) is 12.8 Å². The van der Waals surface area contributed by atoms with E-state index in [-0.39, 0.29) is 5.78 Å². The average Bonchev–Trinajstić information content (AvgIpc) is 2.75. The molecule has 0 fully saturated rings. The lowest BCUT2D eigenvalue weighted by Crippen LogP contribution is -2.12. The Hall–Kier alpha value is -1.46. The van der Waals surface area contributed by atoms with Crippen molar-refractivity contribution in [2.75, 3.05) is 0 Å². The van der Waals surface area contributed by atoms with E-state index in [1.54, 1.807) is 4.68 Å². The lowest BCUT2D eigenvalue weighted by Gasteiger charge is -2.07. The molecule has 2 rings (SSSR count). The molecule has 1 aromatic heterocycles. The van der Waals surface area contributed by atoms with Gasteiger partial charge in [-0.05, 0) is 33.5 Å². The van der Waals surface area contributed by atoms with Crippen LogP contribution < -0.4 is 5.73 Å². The van der Waals surface area contributed by atoms with Crippen molar-refractivity contribution < 1.29 is 4.79 Å². The zero-order chi connectivity index (χ0) is 15.4. The number of rotatable bonds is 6. The largest absolute Gasteiger partial charge is 0.326 e. The molecule has 0 atom stereocenters. The van der Waals surface area contributed by atoms with E-state index in [4.69, 9.17) is 5.73 Å². The van der Waals surface area contributed by atoms with Crippen molar-refractivity contribution in [3.8, 4) is 0 Å². The second-order valence-electron chi connectivity index (χ2n) is 5.05. The van der Waals surface area contributed by atoms with Gasteiger partial charge < -0.3 is 5.73 Å². The van der Waals surface area contributed by atoms with Gasteiger partial charge in [-0.1, -0.05) is 31.2 Å². The molecule has 0 spiro atoms. The summed E-state index contributed by atoms with van der Waals surface area (Å²) < 4.78 is 2.74. The highest BCUT2D eigenvalue weighted by atomic mass is 79.9. The maximum absolute atomic E-state index is 12.3. The minimum absolute atomic E-state index is 0.169. The predicted molar refractivity (Wildman–Crippen MR) is 87.0 cm³/mol. The van der Waals surface area contributed by atoms with Gasteiger partial charge in [0, 0.05) is 26.4 Å². The van der Waals surface area contributed by atoms with Gasteiger partial charge in [-0.2, -0.15) is 5.10 Å². The first-order valence-corrected chi connectivity index (χ1v) is 7.84. The smallest absolute Gasteiger partial charge is 0.143 e. The molecule has 2 aromatic rings. The van der Waals surface area contributed by atoms with Crippen molar-refractivity contribution in [3.05, 3.63) is 51.3 Å². The molecule has 0 saturated heterocycles. The minimum atomic E-state index is 0.169. The van der Waals surface area contributed by atoms with Crippen LogP contribution in [0.3, 0.4) is 0 Å². The zero-order valence-corrected chi connectivity index (χ0v) is 14.0. The van der Waals surface area contributed by atoms with E-state index in [0.717, 1.165) is 33.4 Å². The van der Waals surface area contributed by atoms with Crippen molar-refractivity contribution in [1.29, 1.82) is 0 Å². The molecule has 0 amide bonds. The Bertz CT molecular complexity index is 649. The number of aryl methyl sites for hydroxylation is 2. The maximum Gasteiger partial charge on any atom is 0.143 e. The molecule has 1 heterocycles. The van der Waals surface area contributed by atoms with Crippen LogP contribution in [-0.2, 0) is 37.6 Å². The molecule has 0 saturated carbocycles. The van der Waals surface area contributed by atoms with E-state index < -0.39 is 0 Å². The lowest BCUT2D eigenvalue weighted by molar-refractivity contribution is -0.117. The maximum atomic E-state index is 12.3. The van der Waals surface area contributed by atoms with Gasteiger partial charge in [0.25, 0.3) is 0 Å². The Morgan fingerprint density at radius 3 is 2.52 bits per heavy atom. The minimum Gasteiger partial charge on any atom is -0.326 e. The number of hydrogen-bond donors (Lipinski definition) is 1. The third kappa shape index (κ3) is 3.60. The molecule has 5 heteroatoms. The molecular formula is C16H20BrN3O. The first-order valence-electron chi connectivity index (χ1n) is 7.05. The van der Waals surface area contributed by atoms with Crippen LogP contribution in [-0.4, -0.2) is 15.6 Å². The highest BCUT2D eigenvalue weighted by Gasteiger charge is 2.16. The van der Waals surface area contributed by atoms with E-state index >= 15 is 0 Å². The SMILES string of the molecule is CCc1nn(C)c(CC(=O)Cc2ccccc2CN)c1Br. The van der Waals surface area contributed by atoms with Gasteiger partial charge in [-0.3, -0.25) is 9.48 Å². The predicted octanol–water partition coefficient (Wildman–Crippen LogP) is 2.56. The summed E-state index contributed by atoms with van der Waals surface area (Å²) in [6, 6.07) is 7.83. The molecule has 1 aromatic carbocycles. The molecule has 0 aliphatic carbocycles. The molecule has 0 aliphatic rings. The number of benzene rings is 1. The number of nitrogens with zero attached hydrogens (tertiary/aromatic N) is 2.